The number of aromatic amines is 1. The maximum atomic E-state index is 4.74. The zero-order valence-electron chi connectivity index (χ0n) is 13.4. The van der Waals surface area contributed by atoms with Gasteiger partial charge >= 0.3 is 0 Å². The lowest BCUT2D eigenvalue weighted by atomic mass is 9.75. The van der Waals surface area contributed by atoms with Crippen molar-refractivity contribution in [3.63, 3.8) is 0 Å². The van der Waals surface area contributed by atoms with E-state index in [0.29, 0.717) is 16.7 Å². The van der Waals surface area contributed by atoms with Crippen LogP contribution in [0.15, 0.2) is 23.4 Å². The van der Waals surface area contributed by atoms with Gasteiger partial charge in [0.2, 0.25) is 0 Å². The molecule has 1 heterocycles. The first kappa shape index (κ1) is 14.9. The summed E-state index contributed by atoms with van der Waals surface area (Å²) in [6.07, 6.45) is 3.79. The third-order valence-electron chi connectivity index (χ3n) is 4.58. The van der Waals surface area contributed by atoms with Gasteiger partial charge in [0.15, 0.2) is 5.16 Å². The fraction of sp³-hybridized carbons (Fsp3) is 0.588. The van der Waals surface area contributed by atoms with Crippen LogP contribution in [0.4, 0.5) is 0 Å². The van der Waals surface area contributed by atoms with E-state index in [-0.39, 0.29) is 0 Å². The van der Waals surface area contributed by atoms with Crippen molar-refractivity contribution < 1.29 is 0 Å². The van der Waals surface area contributed by atoms with Crippen LogP contribution in [0.25, 0.3) is 11.0 Å². The highest BCUT2D eigenvalue weighted by atomic mass is 32.2. The van der Waals surface area contributed by atoms with Crippen molar-refractivity contribution in [2.75, 3.05) is 7.05 Å². The molecule has 1 aliphatic carbocycles. The molecule has 1 aromatic carbocycles. The van der Waals surface area contributed by atoms with Gasteiger partial charge < -0.3 is 10.3 Å². The normalized spacial score (nSPS) is 25.3. The second-order valence-corrected chi connectivity index (χ2v) is 8.25. The summed E-state index contributed by atoms with van der Waals surface area (Å²) in [4.78, 5) is 8.22. The summed E-state index contributed by atoms with van der Waals surface area (Å²) in [6.45, 7) is 6.89. The Balaban J connectivity index is 1.82. The van der Waals surface area contributed by atoms with Crippen LogP contribution >= 0.6 is 11.8 Å². The molecule has 3 rings (SSSR count). The average molecular weight is 303 g/mol. The smallest absolute Gasteiger partial charge is 0.166 e. The molecule has 1 aliphatic rings. The molecule has 3 nitrogen and oxygen atoms in total. The molecule has 21 heavy (non-hydrogen) atoms. The number of nitrogens with one attached hydrogen (secondary N) is 2. The molecule has 1 fully saturated rings. The predicted octanol–water partition coefficient (Wildman–Crippen LogP) is 4.13. The summed E-state index contributed by atoms with van der Waals surface area (Å²) in [5.74, 6) is 0. The Morgan fingerprint density at radius 2 is 2.19 bits per heavy atom. The number of hydrogen-bond donors (Lipinski definition) is 2. The van der Waals surface area contributed by atoms with Crippen LogP contribution in [0.3, 0.4) is 0 Å². The monoisotopic (exact) mass is 303 g/mol. The van der Waals surface area contributed by atoms with Gasteiger partial charge in [-0.05, 0) is 56.3 Å². The van der Waals surface area contributed by atoms with Crippen LogP contribution in [0, 0.1) is 12.3 Å². The van der Waals surface area contributed by atoms with E-state index in [0.717, 1.165) is 16.2 Å². The fourth-order valence-electron chi connectivity index (χ4n) is 3.27. The van der Waals surface area contributed by atoms with E-state index < -0.39 is 0 Å². The molecule has 0 radical (unpaired) electrons. The SMILES string of the molecule is CNC1CCC(C)(C)CC1Sc1nc2ccc(C)cc2[nH]1. The zero-order valence-corrected chi connectivity index (χ0v) is 14.2. The van der Waals surface area contributed by atoms with Gasteiger partial charge in [0, 0.05) is 11.3 Å². The number of benzene rings is 1. The molecule has 2 aromatic rings. The minimum atomic E-state index is 0.438. The molecule has 1 aromatic heterocycles. The molecule has 0 spiro atoms. The quantitative estimate of drug-likeness (QED) is 0.895. The highest BCUT2D eigenvalue weighted by molar-refractivity contribution is 7.99. The third kappa shape index (κ3) is 3.27. The highest BCUT2D eigenvalue weighted by Gasteiger charge is 2.35. The van der Waals surface area contributed by atoms with Gasteiger partial charge in [0.05, 0.1) is 11.0 Å². The van der Waals surface area contributed by atoms with Crippen LogP contribution < -0.4 is 5.32 Å². The Bertz CT molecular complexity index is 632. The number of nitrogens with zero attached hydrogens (tertiary/aromatic N) is 1. The molecule has 0 saturated heterocycles. The number of thioether (sulfide) groups is 1. The summed E-state index contributed by atoms with van der Waals surface area (Å²) in [7, 11) is 2.08. The van der Waals surface area contributed by atoms with Crippen molar-refractivity contribution >= 4 is 22.8 Å². The lowest BCUT2D eigenvalue weighted by Gasteiger charge is -2.40. The summed E-state index contributed by atoms with van der Waals surface area (Å²) in [5.41, 5.74) is 3.93. The second-order valence-electron chi connectivity index (χ2n) is 7.02. The maximum Gasteiger partial charge on any atom is 0.166 e. The Morgan fingerprint density at radius 3 is 2.95 bits per heavy atom. The Hall–Kier alpha value is -1.00. The molecular weight excluding hydrogens is 278 g/mol. The molecule has 1 saturated carbocycles. The molecule has 0 amide bonds. The standard InChI is InChI=1S/C17H25N3S/c1-11-5-6-12-14(9-11)20-16(19-12)21-15-10-17(2,3)8-7-13(15)18-4/h5-6,9,13,15,18H,7-8,10H2,1-4H3,(H,19,20). The number of fused-ring (bicyclic) bond motifs is 1. The molecule has 0 aliphatic heterocycles. The summed E-state index contributed by atoms with van der Waals surface area (Å²) in [6, 6.07) is 6.98. The molecule has 2 unspecified atom stereocenters. The molecular formula is C17H25N3S. The van der Waals surface area contributed by atoms with Gasteiger partial charge in [-0.2, -0.15) is 0 Å². The third-order valence-corrected chi connectivity index (χ3v) is 5.80. The highest BCUT2D eigenvalue weighted by Crippen LogP contribution is 2.42. The van der Waals surface area contributed by atoms with Crippen molar-refractivity contribution in [1.82, 2.24) is 15.3 Å². The average Bonchev–Trinajstić information content (AvgIpc) is 2.79. The zero-order chi connectivity index (χ0) is 15.0. The van der Waals surface area contributed by atoms with Gasteiger partial charge in [0.1, 0.15) is 0 Å². The van der Waals surface area contributed by atoms with Gasteiger partial charge in [-0.25, -0.2) is 4.98 Å². The van der Waals surface area contributed by atoms with Crippen molar-refractivity contribution in [1.29, 1.82) is 0 Å². The van der Waals surface area contributed by atoms with E-state index in [1.54, 1.807) is 0 Å². The molecule has 2 atom stereocenters. The summed E-state index contributed by atoms with van der Waals surface area (Å²) >= 11 is 1.90. The van der Waals surface area contributed by atoms with E-state index in [1.807, 2.05) is 11.8 Å². The number of imidazole rings is 1. The number of hydrogen-bond acceptors (Lipinski definition) is 3. The molecule has 114 valence electrons. The lowest BCUT2D eigenvalue weighted by Crippen LogP contribution is -2.43. The van der Waals surface area contributed by atoms with Crippen molar-refractivity contribution in [3.8, 4) is 0 Å². The van der Waals surface area contributed by atoms with Crippen LogP contribution in [0.5, 0.6) is 0 Å². The first-order valence-electron chi connectivity index (χ1n) is 7.77. The van der Waals surface area contributed by atoms with Gasteiger partial charge in [-0.3, -0.25) is 0 Å². The Labute approximate surface area is 131 Å². The summed E-state index contributed by atoms with van der Waals surface area (Å²) < 4.78 is 0. The van der Waals surface area contributed by atoms with E-state index in [1.165, 1.54) is 24.8 Å². The van der Waals surface area contributed by atoms with E-state index in [9.17, 15) is 0 Å². The van der Waals surface area contributed by atoms with Crippen LogP contribution in [-0.4, -0.2) is 28.3 Å². The van der Waals surface area contributed by atoms with Crippen LogP contribution in [0.1, 0.15) is 38.7 Å². The first-order valence-corrected chi connectivity index (χ1v) is 8.65. The molecule has 4 heteroatoms. The predicted molar refractivity (Wildman–Crippen MR) is 91.0 cm³/mol. The lowest BCUT2D eigenvalue weighted by molar-refractivity contribution is 0.218. The largest absolute Gasteiger partial charge is 0.333 e. The molecule has 0 bridgehead atoms. The topological polar surface area (TPSA) is 40.7 Å². The van der Waals surface area contributed by atoms with E-state index in [2.05, 4.69) is 56.3 Å². The van der Waals surface area contributed by atoms with Crippen LogP contribution in [0.2, 0.25) is 0 Å². The van der Waals surface area contributed by atoms with Crippen molar-refractivity contribution in [3.05, 3.63) is 23.8 Å². The van der Waals surface area contributed by atoms with Crippen LogP contribution in [-0.2, 0) is 0 Å². The minimum absolute atomic E-state index is 0.438. The number of H-pyrrole nitrogens is 1. The Morgan fingerprint density at radius 1 is 1.38 bits per heavy atom. The molecule has 2 N–H and O–H groups in total. The van der Waals surface area contributed by atoms with Crippen molar-refractivity contribution in [2.45, 2.75) is 56.5 Å². The van der Waals surface area contributed by atoms with E-state index in [4.69, 9.17) is 4.98 Å². The second kappa shape index (κ2) is 5.65. The van der Waals surface area contributed by atoms with Gasteiger partial charge in [0.25, 0.3) is 0 Å². The fourth-order valence-corrected chi connectivity index (χ4v) is 4.85. The number of rotatable bonds is 3. The number of aromatic nitrogens is 2. The van der Waals surface area contributed by atoms with Gasteiger partial charge in [-0.15, -0.1) is 0 Å². The Kier molecular flexibility index (Phi) is 4.02. The number of aryl methyl sites for hydroxylation is 1. The maximum absolute atomic E-state index is 4.74. The van der Waals surface area contributed by atoms with E-state index >= 15 is 0 Å². The van der Waals surface area contributed by atoms with Gasteiger partial charge in [-0.1, -0.05) is 31.7 Å². The first-order chi connectivity index (χ1) is 9.97. The summed E-state index contributed by atoms with van der Waals surface area (Å²) in [5, 5.41) is 5.13. The minimum Gasteiger partial charge on any atom is -0.333 e. The van der Waals surface area contributed by atoms with Crippen molar-refractivity contribution in [2.24, 2.45) is 5.41 Å².